The van der Waals surface area contributed by atoms with E-state index in [2.05, 4.69) is 11.8 Å². The molecule has 19 heavy (non-hydrogen) atoms. The Balaban J connectivity index is 2.29. The third-order valence-electron chi connectivity index (χ3n) is 3.79. The maximum absolute atomic E-state index is 11.9. The molecule has 0 atom stereocenters. The first kappa shape index (κ1) is 16.1. The Morgan fingerprint density at radius 1 is 0.789 bits per heavy atom. The second kappa shape index (κ2) is 10.9. The average molecular weight is 263 g/mol. The summed E-state index contributed by atoms with van der Waals surface area (Å²) in [5, 5.41) is 0. The van der Waals surface area contributed by atoms with Gasteiger partial charge in [0.1, 0.15) is 0 Å². The van der Waals surface area contributed by atoms with Crippen molar-refractivity contribution >= 4 is 5.91 Å². The van der Waals surface area contributed by atoms with E-state index in [1.165, 1.54) is 38.5 Å². The fourth-order valence-corrected chi connectivity index (χ4v) is 2.43. The van der Waals surface area contributed by atoms with Gasteiger partial charge in [0.15, 0.2) is 0 Å². The number of hydrogen-bond donors (Lipinski definition) is 0. The van der Waals surface area contributed by atoms with Crippen LogP contribution in [0.2, 0.25) is 0 Å². The van der Waals surface area contributed by atoms with Gasteiger partial charge >= 0.3 is 0 Å². The molecule has 1 aliphatic heterocycles. The van der Waals surface area contributed by atoms with Crippen LogP contribution in [0.5, 0.6) is 0 Å². The molecule has 0 radical (unpaired) electrons. The summed E-state index contributed by atoms with van der Waals surface area (Å²) >= 11 is 0. The Labute approximate surface area is 118 Å². The Bertz CT molecular complexity index is 300. The maximum Gasteiger partial charge on any atom is 0.222 e. The van der Waals surface area contributed by atoms with E-state index in [-0.39, 0.29) is 0 Å². The predicted octanol–water partition coefficient (Wildman–Crippen LogP) is 4.14. The monoisotopic (exact) mass is 263 g/mol. The Kier molecular flexibility index (Phi) is 9.23. The first-order chi connectivity index (χ1) is 9.30. The summed E-state index contributed by atoms with van der Waals surface area (Å²) in [4.78, 5) is 13.8. The molecule has 0 fully saturated rings. The molecular weight excluding hydrogens is 234 g/mol. The molecule has 0 saturated heterocycles. The van der Waals surface area contributed by atoms with Crippen molar-refractivity contribution in [1.29, 1.82) is 0 Å². The van der Waals surface area contributed by atoms with Gasteiger partial charge in [-0.05, 0) is 25.7 Å². The highest BCUT2D eigenvalue weighted by Gasteiger charge is 2.07. The Morgan fingerprint density at radius 3 is 2.00 bits per heavy atom. The maximum atomic E-state index is 11.9. The van der Waals surface area contributed by atoms with E-state index in [4.69, 9.17) is 0 Å². The molecule has 0 unspecified atom stereocenters. The minimum atomic E-state index is 0.315. The SMILES string of the molecule is CN1CCCCC#CCCCCCCCCCC1=O. The van der Waals surface area contributed by atoms with Crippen LogP contribution in [0.4, 0.5) is 0 Å². The van der Waals surface area contributed by atoms with E-state index in [1.807, 2.05) is 11.9 Å². The molecule has 2 nitrogen and oxygen atoms in total. The predicted molar refractivity (Wildman–Crippen MR) is 80.8 cm³/mol. The van der Waals surface area contributed by atoms with Crippen LogP contribution in [-0.4, -0.2) is 24.4 Å². The minimum Gasteiger partial charge on any atom is -0.346 e. The van der Waals surface area contributed by atoms with Gasteiger partial charge in [-0.25, -0.2) is 0 Å². The van der Waals surface area contributed by atoms with Crippen molar-refractivity contribution in [2.24, 2.45) is 0 Å². The summed E-state index contributed by atoms with van der Waals surface area (Å²) in [6.45, 7) is 0.889. The van der Waals surface area contributed by atoms with Crippen LogP contribution in [-0.2, 0) is 4.79 Å². The fraction of sp³-hybridized carbons (Fsp3) is 0.824. The summed E-state index contributed by atoms with van der Waals surface area (Å²) in [5.74, 6) is 6.84. The van der Waals surface area contributed by atoms with Crippen LogP contribution >= 0.6 is 0 Å². The fourth-order valence-electron chi connectivity index (χ4n) is 2.43. The van der Waals surface area contributed by atoms with Crippen LogP contribution in [0.3, 0.4) is 0 Å². The highest BCUT2D eigenvalue weighted by atomic mass is 16.2. The molecule has 0 aromatic rings. The molecule has 1 rings (SSSR count). The topological polar surface area (TPSA) is 20.3 Å². The van der Waals surface area contributed by atoms with Crippen molar-refractivity contribution in [2.45, 2.75) is 77.0 Å². The van der Waals surface area contributed by atoms with Crippen molar-refractivity contribution in [3.63, 3.8) is 0 Å². The van der Waals surface area contributed by atoms with Crippen molar-refractivity contribution in [3.05, 3.63) is 0 Å². The summed E-state index contributed by atoms with van der Waals surface area (Å²) in [6, 6.07) is 0. The molecule has 0 saturated carbocycles. The number of hydrogen-bond acceptors (Lipinski definition) is 1. The van der Waals surface area contributed by atoms with Crippen LogP contribution in [0.25, 0.3) is 0 Å². The van der Waals surface area contributed by atoms with Crippen molar-refractivity contribution in [3.8, 4) is 11.8 Å². The number of rotatable bonds is 0. The largest absolute Gasteiger partial charge is 0.346 e. The third-order valence-corrected chi connectivity index (χ3v) is 3.79. The number of amides is 1. The van der Waals surface area contributed by atoms with Gasteiger partial charge in [0.05, 0.1) is 0 Å². The number of carbonyl (C=O) groups is 1. The summed E-state index contributed by atoms with van der Waals surface area (Å²) in [7, 11) is 1.93. The molecular formula is C17H29NO. The third kappa shape index (κ3) is 8.70. The first-order valence-electron chi connectivity index (χ1n) is 8.00. The van der Waals surface area contributed by atoms with Crippen LogP contribution in [0.1, 0.15) is 77.0 Å². The van der Waals surface area contributed by atoms with Crippen LogP contribution in [0.15, 0.2) is 0 Å². The van der Waals surface area contributed by atoms with Crippen molar-refractivity contribution < 1.29 is 4.79 Å². The molecule has 108 valence electrons. The number of carbonyl (C=O) groups excluding carboxylic acids is 1. The summed E-state index contributed by atoms with van der Waals surface area (Å²) in [6.07, 6.45) is 13.8. The molecule has 0 aliphatic carbocycles. The standard InChI is InChI=1S/C17H29NO/c1-18-16-14-12-10-8-6-4-2-3-5-7-9-11-13-15-17(18)19/h2-5,7,9-16H2,1H3. The zero-order valence-electron chi connectivity index (χ0n) is 12.5. The lowest BCUT2D eigenvalue weighted by atomic mass is 10.1. The van der Waals surface area contributed by atoms with Crippen molar-refractivity contribution in [2.75, 3.05) is 13.6 Å². The molecule has 0 aromatic carbocycles. The van der Waals surface area contributed by atoms with Gasteiger partial charge < -0.3 is 4.90 Å². The molecule has 0 bridgehead atoms. The lowest BCUT2D eigenvalue weighted by Crippen LogP contribution is -2.27. The van der Waals surface area contributed by atoms with E-state index < -0.39 is 0 Å². The lowest BCUT2D eigenvalue weighted by molar-refractivity contribution is -0.130. The molecule has 0 aromatic heterocycles. The van der Waals surface area contributed by atoms with E-state index in [1.54, 1.807) is 0 Å². The minimum absolute atomic E-state index is 0.315. The lowest BCUT2D eigenvalue weighted by Gasteiger charge is -2.16. The summed E-state index contributed by atoms with van der Waals surface area (Å²) in [5.41, 5.74) is 0. The quantitative estimate of drug-likeness (QED) is 0.601. The normalized spacial score (nSPS) is 21.3. The second-order valence-corrected chi connectivity index (χ2v) is 5.60. The van der Waals surface area contributed by atoms with E-state index >= 15 is 0 Å². The zero-order chi connectivity index (χ0) is 13.8. The molecule has 1 amide bonds. The van der Waals surface area contributed by atoms with E-state index in [0.29, 0.717) is 5.91 Å². The van der Waals surface area contributed by atoms with Gasteiger partial charge in [0, 0.05) is 32.9 Å². The van der Waals surface area contributed by atoms with Gasteiger partial charge in [0.25, 0.3) is 0 Å². The molecule has 0 N–H and O–H groups in total. The zero-order valence-corrected chi connectivity index (χ0v) is 12.5. The Morgan fingerprint density at radius 2 is 1.32 bits per heavy atom. The Hall–Kier alpha value is -0.970. The molecule has 2 heteroatoms. The number of nitrogens with zero attached hydrogens (tertiary/aromatic N) is 1. The van der Waals surface area contributed by atoms with Crippen LogP contribution in [0, 0.1) is 11.8 Å². The average Bonchev–Trinajstić information content (AvgIpc) is 2.41. The van der Waals surface area contributed by atoms with Gasteiger partial charge in [-0.1, -0.05) is 32.1 Å². The van der Waals surface area contributed by atoms with Gasteiger partial charge in [-0.3, -0.25) is 4.79 Å². The first-order valence-corrected chi connectivity index (χ1v) is 8.00. The highest BCUT2D eigenvalue weighted by Crippen LogP contribution is 2.10. The molecule has 0 spiro atoms. The molecule has 1 aliphatic rings. The highest BCUT2D eigenvalue weighted by molar-refractivity contribution is 5.75. The van der Waals surface area contributed by atoms with Crippen LogP contribution < -0.4 is 0 Å². The second-order valence-electron chi connectivity index (χ2n) is 5.60. The van der Waals surface area contributed by atoms with Gasteiger partial charge in [0.2, 0.25) is 5.91 Å². The van der Waals surface area contributed by atoms with Gasteiger partial charge in [-0.15, -0.1) is 11.8 Å². The summed E-state index contributed by atoms with van der Waals surface area (Å²) < 4.78 is 0. The van der Waals surface area contributed by atoms with E-state index in [0.717, 1.165) is 45.1 Å². The van der Waals surface area contributed by atoms with Gasteiger partial charge in [-0.2, -0.15) is 0 Å². The smallest absolute Gasteiger partial charge is 0.222 e. The van der Waals surface area contributed by atoms with Crippen molar-refractivity contribution in [1.82, 2.24) is 4.90 Å². The van der Waals surface area contributed by atoms with E-state index in [9.17, 15) is 4.79 Å². The molecule has 1 heterocycles.